The molecule has 1 saturated heterocycles. The smallest absolute Gasteiger partial charge is 0.407 e. The van der Waals surface area contributed by atoms with E-state index in [2.05, 4.69) is 26.1 Å². The van der Waals surface area contributed by atoms with Crippen molar-refractivity contribution in [2.75, 3.05) is 19.6 Å². The second kappa shape index (κ2) is 4.84. The molecule has 0 saturated carbocycles. The predicted octanol–water partition coefficient (Wildman–Crippen LogP) is 1.76. The van der Waals surface area contributed by atoms with Gasteiger partial charge in [0.15, 0.2) is 0 Å². The first-order chi connectivity index (χ1) is 6.90. The van der Waals surface area contributed by atoms with Crippen molar-refractivity contribution in [3.63, 3.8) is 0 Å². The minimum atomic E-state index is -0.793. The van der Waals surface area contributed by atoms with E-state index in [0.29, 0.717) is 6.54 Å². The summed E-state index contributed by atoms with van der Waals surface area (Å²) in [5.41, 5.74) is 0.0236. The molecule has 1 atom stereocenters. The molecule has 0 aromatic carbocycles. The van der Waals surface area contributed by atoms with Crippen LogP contribution in [-0.4, -0.2) is 41.8 Å². The van der Waals surface area contributed by atoms with Crippen molar-refractivity contribution in [1.82, 2.24) is 10.2 Å². The van der Waals surface area contributed by atoms with Crippen LogP contribution in [0.25, 0.3) is 0 Å². The van der Waals surface area contributed by atoms with Crippen molar-refractivity contribution < 1.29 is 9.90 Å². The predicted molar refractivity (Wildman–Crippen MR) is 60.1 cm³/mol. The number of hydrogen-bond donors (Lipinski definition) is 2. The molecule has 0 aromatic heterocycles. The van der Waals surface area contributed by atoms with E-state index in [1.807, 2.05) is 0 Å². The molecule has 2 N–H and O–H groups in total. The zero-order chi connectivity index (χ0) is 11.5. The first-order valence-electron chi connectivity index (χ1n) is 5.60. The third kappa shape index (κ3) is 4.08. The van der Waals surface area contributed by atoms with Crippen LogP contribution in [0.15, 0.2) is 0 Å². The summed E-state index contributed by atoms with van der Waals surface area (Å²) in [4.78, 5) is 12.8. The Labute approximate surface area is 91.6 Å². The maximum absolute atomic E-state index is 11.2. The van der Waals surface area contributed by atoms with Crippen LogP contribution >= 0.6 is 0 Å². The van der Waals surface area contributed by atoms with Crippen molar-refractivity contribution in [2.24, 2.45) is 5.41 Å². The third-order valence-electron chi connectivity index (χ3n) is 2.60. The molecular weight excluding hydrogens is 192 g/mol. The van der Waals surface area contributed by atoms with Gasteiger partial charge in [-0.25, -0.2) is 4.79 Å². The number of piperidine rings is 1. The molecule has 1 aliphatic heterocycles. The lowest BCUT2D eigenvalue weighted by molar-refractivity contribution is 0.0930. The van der Waals surface area contributed by atoms with Crippen LogP contribution in [0.4, 0.5) is 4.79 Å². The molecule has 1 heterocycles. The molecule has 4 nitrogen and oxygen atoms in total. The van der Waals surface area contributed by atoms with Gasteiger partial charge in [-0.15, -0.1) is 0 Å². The van der Waals surface area contributed by atoms with E-state index < -0.39 is 6.09 Å². The average Bonchev–Trinajstić information content (AvgIpc) is 2.14. The van der Waals surface area contributed by atoms with Crippen LogP contribution < -0.4 is 5.32 Å². The molecule has 0 aromatic rings. The number of nitrogens with zero attached hydrogens (tertiary/aromatic N) is 1. The lowest BCUT2D eigenvalue weighted by atomic mass is 9.94. The Morgan fingerprint density at radius 1 is 1.53 bits per heavy atom. The van der Waals surface area contributed by atoms with E-state index in [0.717, 1.165) is 25.9 Å². The Bertz CT molecular complexity index is 217. The second-order valence-corrected chi connectivity index (χ2v) is 5.47. The summed E-state index contributed by atoms with van der Waals surface area (Å²) < 4.78 is 0. The Hall–Kier alpha value is -0.770. The number of hydrogen-bond acceptors (Lipinski definition) is 2. The number of nitrogens with one attached hydrogen (secondary N) is 1. The summed E-state index contributed by atoms with van der Waals surface area (Å²) in [6.45, 7) is 8.62. The van der Waals surface area contributed by atoms with Gasteiger partial charge in [0.2, 0.25) is 0 Å². The lowest BCUT2D eigenvalue weighted by Crippen LogP contribution is -2.50. The molecular formula is C11H22N2O2. The molecule has 0 spiro atoms. The minimum Gasteiger partial charge on any atom is -0.465 e. The summed E-state index contributed by atoms with van der Waals surface area (Å²) in [5, 5.41) is 12.4. The first-order valence-corrected chi connectivity index (χ1v) is 5.60. The molecule has 0 aliphatic carbocycles. The number of amides is 1. The van der Waals surface area contributed by atoms with Gasteiger partial charge in [-0.05, 0) is 24.8 Å². The van der Waals surface area contributed by atoms with Crippen molar-refractivity contribution >= 4 is 6.09 Å². The largest absolute Gasteiger partial charge is 0.465 e. The van der Waals surface area contributed by atoms with Gasteiger partial charge in [-0.1, -0.05) is 20.8 Å². The fourth-order valence-corrected chi connectivity index (χ4v) is 1.96. The molecule has 1 amide bonds. The van der Waals surface area contributed by atoms with E-state index in [1.54, 1.807) is 4.90 Å². The fourth-order valence-electron chi connectivity index (χ4n) is 1.96. The number of carbonyl (C=O) groups is 1. The maximum atomic E-state index is 11.2. The zero-order valence-corrected chi connectivity index (χ0v) is 9.92. The van der Waals surface area contributed by atoms with Gasteiger partial charge in [0, 0.05) is 19.1 Å². The Kier molecular flexibility index (Phi) is 3.97. The Balaban J connectivity index is 2.60. The van der Waals surface area contributed by atoms with Crippen molar-refractivity contribution in [1.29, 1.82) is 0 Å². The summed E-state index contributed by atoms with van der Waals surface area (Å²) in [5.74, 6) is 0. The summed E-state index contributed by atoms with van der Waals surface area (Å²) in [6, 6.07) is 0.149. The molecule has 1 fully saturated rings. The SMILES string of the molecule is CC(C)(C)CN(C(=O)O)[C@H]1CCCNC1. The number of carboxylic acid groups (broad SMARTS) is 1. The van der Waals surface area contributed by atoms with Gasteiger partial charge in [0.25, 0.3) is 0 Å². The van der Waals surface area contributed by atoms with Gasteiger partial charge in [0.1, 0.15) is 0 Å². The zero-order valence-electron chi connectivity index (χ0n) is 9.92. The minimum absolute atomic E-state index is 0.0236. The third-order valence-corrected chi connectivity index (χ3v) is 2.60. The molecule has 88 valence electrons. The maximum Gasteiger partial charge on any atom is 0.407 e. The van der Waals surface area contributed by atoms with Crippen molar-refractivity contribution in [3.8, 4) is 0 Å². The van der Waals surface area contributed by atoms with Gasteiger partial charge in [0.05, 0.1) is 0 Å². The standard InChI is InChI=1S/C11H22N2O2/c1-11(2,3)8-13(10(14)15)9-5-4-6-12-7-9/h9,12H,4-8H2,1-3H3,(H,14,15)/t9-/m0/s1. The highest BCUT2D eigenvalue weighted by Crippen LogP contribution is 2.19. The summed E-state index contributed by atoms with van der Waals surface area (Å²) >= 11 is 0. The molecule has 0 unspecified atom stereocenters. The second-order valence-electron chi connectivity index (χ2n) is 5.47. The van der Waals surface area contributed by atoms with Crippen molar-refractivity contribution in [2.45, 2.75) is 39.7 Å². The molecule has 15 heavy (non-hydrogen) atoms. The van der Waals surface area contributed by atoms with Gasteiger partial charge in [-0.3, -0.25) is 0 Å². The molecule has 4 heteroatoms. The highest BCUT2D eigenvalue weighted by molar-refractivity contribution is 5.65. The Morgan fingerprint density at radius 2 is 2.20 bits per heavy atom. The van der Waals surface area contributed by atoms with Gasteiger partial charge in [-0.2, -0.15) is 0 Å². The fraction of sp³-hybridized carbons (Fsp3) is 0.909. The molecule has 0 bridgehead atoms. The van der Waals surface area contributed by atoms with Crippen LogP contribution in [-0.2, 0) is 0 Å². The topological polar surface area (TPSA) is 52.6 Å². The van der Waals surface area contributed by atoms with Gasteiger partial charge < -0.3 is 15.3 Å². The van der Waals surface area contributed by atoms with E-state index in [1.165, 1.54) is 0 Å². The molecule has 0 radical (unpaired) electrons. The van der Waals surface area contributed by atoms with Crippen LogP contribution in [0.2, 0.25) is 0 Å². The quantitative estimate of drug-likeness (QED) is 0.736. The summed E-state index contributed by atoms with van der Waals surface area (Å²) in [6.07, 6.45) is 1.26. The van der Waals surface area contributed by atoms with E-state index >= 15 is 0 Å². The molecule has 1 rings (SSSR count). The van der Waals surface area contributed by atoms with E-state index in [-0.39, 0.29) is 11.5 Å². The average molecular weight is 214 g/mol. The van der Waals surface area contributed by atoms with Crippen molar-refractivity contribution in [3.05, 3.63) is 0 Å². The van der Waals surface area contributed by atoms with E-state index in [9.17, 15) is 9.90 Å². The monoisotopic (exact) mass is 214 g/mol. The van der Waals surface area contributed by atoms with Crippen LogP contribution in [0, 0.1) is 5.41 Å². The Morgan fingerprint density at radius 3 is 2.60 bits per heavy atom. The number of rotatable bonds is 2. The first kappa shape index (κ1) is 12.3. The van der Waals surface area contributed by atoms with Crippen LogP contribution in [0.5, 0.6) is 0 Å². The van der Waals surface area contributed by atoms with Crippen LogP contribution in [0.3, 0.4) is 0 Å². The van der Waals surface area contributed by atoms with Gasteiger partial charge >= 0.3 is 6.09 Å². The normalized spacial score (nSPS) is 22.5. The lowest BCUT2D eigenvalue weighted by Gasteiger charge is -2.36. The highest BCUT2D eigenvalue weighted by atomic mass is 16.4. The highest BCUT2D eigenvalue weighted by Gasteiger charge is 2.28. The van der Waals surface area contributed by atoms with Crippen LogP contribution in [0.1, 0.15) is 33.6 Å². The summed E-state index contributed by atoms with van der Waals surface area (Å²) in [7, 11) is 0. The van der Waals surface area contributed by atoms with E-state index in [4.69, 9.17) is 0 Å². The molecule has 1 aliphatic rings.